The monoisotopic (exact) mass is 809 g/mol. The van der Waals surface area contributed by atoms with Gasteiger partial charge in [0, 0.05) is 18.8 Å². The molecule has 6 atom stereocenters. The van der Waals surface area contributed by atoms with Crippen molar-refractivity contribution in [2.45, 2.75) is 122 Å². The molecule has 58 heavy (non-hydrogen) atoms. The van der Waals surface area contributed by atoms with Gasteiger partial charge in [-0.2, -0.15) is 0 Å². The molecule has 1 aliphatic carbocycles. The van der Waals surface area contributed by atoms with E-state index in [2.05, 4.69) is 31.9 Å². The number of urea groups is 1. The van der Waals surface area contributed by atoms with Crippen LogP contribution >= 0.6 is 0 Å². The number of carbonyl (C=O) groups is 6. The van der Waals surface area contributed by atoms with Gasteiger partial charge in [0.2, 0.25) is 17.7 Å². The third-order valence-electron chi connectivity index (χ3n) is 9.48. The maximum atomic E-state index is 14.0. The number of hydrogen-bond donors (Lipinski definition) is 7. The summed E-state index contributed by atoms with van der Waals surface area (Å²) in [5.74, 6) is -3.79. The first-order chi connectivity index (χ1) is 27.3. The van der Waals surface area contributed by atoms with Gasteiger partial charge >= 0.3 is 18.2 Å². The van der Waals surface area contributed by atoms with Gasteiger partial charge in [-0.25, -0.2) is 14.4 Å². The lowest BCUT2D eigenvalue weighted by Crippen LogP contribution is -2.57. The maximum Gasteiger partial charge on any atom is 0.407 e. The van der Waals surface area contributed by atoms with E-state index in [4.69, 9.17) is 24.7 Å². The molecule has 4 rings (SSSR count). The van der Waals surface area contributed by atoms with E-state index in [-0.39, 0.29) is 26.0 Å². The summed E-state index contributed by atoms with van der Waals surface area (Å²) in [5, 5.41) is 16.5. The van der Waals surface area contributed by atoms with Crippen molar-refractivity contribution in [2.24, 2.45) is 17.6 Å². The number of carbonyl (C=O) groups excluding carboxylic acids is 6. The fourth-order valence-corrected chi connectivity index (χ4v) is 6.78. The van der Waals surface area contributed by atoms with Crippen molar-refractivity contribution in [2.75, 3.05) is 18.4 Å². The van der Waals surface area contributed by atoms with Crippen LogP contribution in [0.2, 0.25) is 0 Å². The predicted octanol–water partition coefficient (Wildman–Crippen LogP) is 3.60. The summed E-state index contributed by atoms with van der Waals surface area (Å²) in [6.07, 6.45) is -1.21. The van der Waals surface area contributed by atoms with E-state index >= 15 is 0 Å². The van der Waals surface area contributed by atoms with E-state index in [1.807, 2.05) is 30.3 Å². The molecule has 17 nitrogen and oxygen atoms in total. The van der Waals surface area contributed by atoms with Gasteiger partial charge in [-0.05, 0) is 89.5 Å². The van der Waals surface area contributed by atoms with E-state index in [0.717, 1.165) is 11.1 Å². The molecule has 1 heterocycles. The zero-order chi connectivity index (χ0) is 42.6. The van der Waals surface area contributed by atoms with Crippen molar-refractivity contribution >= 4 is 41.6 Å². The van der Waals surface area contributed by atoms with Crippen LogP contribution in [-0.2, 0) is 46.4 Å². The molecule has 318 valence electrons. The molecule has 1 aliphatic heterocycles. The van der Waals surface area contributed by atoms with Gasteiger partial charge in [-0.3, -0.25) is 14.4 Å². The number of ether oxygens (including phenoxy) is 4. The third-order valence-corrected chi connectivity index (χ3v) is 9.48. The second kappa shape index (κ2) is 20.3. The largest absolute Gasteiger partial charge is 0.445 e. The Kier molecular flexibility index (Phi) is 15.9. The van der Waals surface area contributed by atoms with Crippen LogP contribution in [0, 0.1) is 11.8 Å². The Bertz CT molecular complexity index is 1730. The van der Waals surface area contributed by atoms with Gasteiger partial charge in [0.25, 0.3) is 0 Å². The van der Waals surface area contributed by atoms with Crippen molar-refractivity contribution in [3.05, 3.63) is 65.7 Å². The van der Waals surface area contributed by atoms with Crippen LogP contribution in [0.5, 0.6) is 0 Å². The average Bonchev–Trinajstić information content (AvgIpc) is 3.62. The first kappa shape index (κ1) is 45.3. The molecule has 8 N–H and O–H groups in total. The number of alkyl carbamates (subject to hydrolysis) is 2. The highest BCUT2D eigenvalue weighted by molar-refractivity contribution is 5.98. The SMILES string of the molecule is CC(C)[C@@H](NC(=O)[C@H]1C[C@@H]2OC(C)(C)O[C@@H]2[C@@H]1NC(=O)OCc1ccccc1)C(=O)NC(CCCNC(N)=O)C(=O)Nc1ccc(CCNC(=O)OC(C)(C)C)cc1. The Morgan fingerprint density at radius 3 is 2.19 bits per heavy atom. The number of amides is 7. The molecule has 1 saturated heterocycles. The van der Waals surface area contributed by atoms with Crippen molar-refractivity contribution in [3.63, 3.8) is 0 Å². The molecule has 2 aromatic rings. The van der Waals surface area contributed by atoms with Crippen LogP contribution in [0.15, 0.2) is 54.6 Å². The Balaban J connectivity index is 1.40. The molecule has 7 amide bonds. The van der Waals surface area contributed by atoms with E-state index in [9.17, 15) is 28.8 Å². The lowest BCUT2D eigenvalue weighted by Gasteiger charge is -2.29. The molecule has 2 aliphatic rings. The smallest absolute Gasteiger partial charge is 0.407 e. The van der Waals surface area contributed by atoms with Gasteiger partial charge in [-0.15, -0.1) is 0 Å². The maximum absolute atomic E-state index is 14.0. The normalized spacial score (nSPS) is 20.5. The molecular formula is C41H59N7O10. The number of nitrogens with two attached hydrogens (primary N) is 1. The number of anilines is 1. The minimum Gasteiger partial charge on any atom is -0.445 e. The first-order valence-corrected chi connectivity index (χ1v) is 19.6. The Hall–Kier alpha value is -5.42. The van der Waals surface area contributed by atoms with Crippen LogP contribution < -0.4 is 37.6 Å². The topological polar surface area (TPSA) is 238 Å². The summed E-state index contributed by atoms with van der Waals surface area (Å²) in [6.45, 7) is 12.9. The standard InChI is InChI=1S/C41H59N7O10/c1-24(2)31(47-34(49)28-22-30-33(57-41(6,7)56-30)32(28)48-39(54)55-23-26-12-9-8-10-13-26)36(51)46-29(14-11-20-43-37(42)52)35(50)45-27-17-15-25(16-18-27)19-21-44-38(53)58-40(3,4)5/h8-10,12-13,15-18,24,28-33H,11,14,19-23H2,1-7H3,(H,44,53)(H,45,50)(H,46,51)(H,47,49)(H,48,54)(H3,42,43,52)/t28-,29?,30-,31+,32+,33-/m0/s1. The summed E-state index contributed by atoms with van der Waals surface area (Å²) >= 11 is 0. The molecule has 2 fully saturated rings. The van der Waals surface area contributed by atoms with Crippen molar-refractivity contribution in [3.8, 4) is 0 Å². The lowest BCUT2D eigenvalue weighted by molar-refractivity contribution is -0.160. The molecule has 0 bridgehead atoms. The van der Waals surface area contributed by atoms with Crippen LogP contribution in [0.1, 0.15) is 78.9 Å². The van der Waals surface area contributed by atoms with Gasteiger partial charge in [0.05, 0.1) is 18.1 Å². The molecule has 1 unspecified atom stereocenters. The van der Waals surface area contributed by atoms with Crippen LogP contribution in [0.25, 0.3) is 0 Å². The lowest BCUT2D eigenvalue weighted by atomic mass is 9.97. The zero-order valence-corrected chi connectivity index (χ0v) is 34.3. The zero-order valence-electron chi connectivity index (χ0n) is 34.3. The molecule has 17 heteroatoms. The molecule has 0 radical (unpaired) electrons. The number of fused-ring (bicyclic) bond motifs is 1. The van der Waals surface area contributed by atoms with Gasteiger partial charge in [0.1, 0.15) is 30.4 Å². The average molecular weight is 810 g/mol. The fourth-order valence-electron chi connectivity index (χ4n) is 6.78. The highest BCUT2D eigenvalue weighted by Crippen LogP contribution is 2.41. The number of nitrogens with one attached hydrogen (secondary N) is 6. The van der Waals surface area contributed by atoms with E-state index in [1.165, 1.54) is 0 Å². The minimum atomic E-state index is -1.07. The van der Waals surface area contributed by atoms with E-state index < -0.39 is 89.5 Å². The summed E-state index contributed by atoms with van der Waals surface area (Å²) in [5.41, 5.74) is 6.77. The Labute approximate surface area is 339 Å². The molecular weight excluding hydrogens is 750 g/mol. The van der Waals surface area contributed by atoms with Crippen molar-refractivity contribution in [1.29, 1.82) is 0 Å². The number of hydrogen-bond acceptors (Lipinski definition) is 10. The predicted molar refractivity (Wildman–Crippen MR) is 214 cm³/mol. The summed E-state index contributed by atoms with van der Waals surface area (Å²) in [6, 6.07) is 12.5. The molecule has 0 spiro atoms. The summed E-state index contributed by atoms with van der Waals surface area (Å²) < 4.78 is 22.9. The van der Waals surface area contributed by atoms with Crippen molar-refractivity contribution < 1.29 is 47.7 Å². The summed E-state index contributed by atoms with van der Waals surface area (Å²) in [4.78, 5) is 77.8. The number of rotatable bonds is 17. The fraction of sp³-hybridized carbons (Fsp3) is 0.561. The molecule has 2 aromatic carbocycles. The van der Waals surface area contributed by atoms with Gasteiger partial charge in [-0.1, -0.05) is 56.3 Å². The first-order valence-electron chi connectivity index (χ1n) is 19.6. The minimum absolute atomic E-state index is 0.0243. The van der Waals surface area contributed by atoms with Crippen LogP contribution in [-0.4, -0.2) is 90.8 Å². The van der Waals surface area contributed by atoms with Crippen LogP contribution in [0.3, 0.4) is 0 Å². The molecule has 0 aromatic heterocycles. The summed E-state index contributed by atoms with van der Waals surface area (Å²) in [7, 11) is 0. The second-order valence-corrected chi connectivity index (χ2v) is 16.3. The van der Waals surface area contributed by atoms with E-state index in [1.54, 1.807) is 72.7 Å². The second-order valence-electron chi connectivity index (χ2n) is 16.3. The van der Waals surface area contributed by atoms with Crippen LogP contribution in [0.4, 0.5) is 20.1 Å². The number of primary amides is 1. The quantitative estimate of drug-likeness (QED) is 0.115. The number of benzene rings is 2. The van der Waals surface area contributed by atoms with Crippen molar-refractivity contribution in [1.82, 2.24) is 26.6 Å². The Morgan fingerprint density at radius 1 is 0.862 bits per heavy atom. The van der Waals surface area contributed by atoms with E-state index in [0.29, 0.717) is 25.1 Å². The highest BCUT2D eigenvalue weighted by Gasteiger charge is 2.56. The molecule has 1 saturated carbocycles. The third kappa shape index (κ3) is 14.2. The Morgan fingerprint density at radius 2 is 1.55 bits per heavy atom. The highest BCUT2D eigenvalue weighted by atomic mass is 16.8. The van der Waals surface area contributed by atoms with Gasteiger partial charge < -0.3 is 56.6 Å². The van der Waals surface area contributed by atoms with Gasteiger partial charge in [0.15, 0.2) is 5.79 Å².